The van der Waals surface area contributed by atoms with Gasteiger partial charge in [-0.05, 0) is 64.7 Å². The van der Waals surface area contributed by atoms with Gasteiger partial charge < -0.3 is 13.7 Å². The zero-order chi connectivity index (χ0) is 34.2. The number of rotatable bonds is 5. The normalized spacial score (nSPS) is 11.8. The summed E-state index contributed by atoms with van der Waals surface area (Å²) in [5.74, 6) is 0. The molecule has 4 heteroatoms. The molecule has 11 aromatic rings. The van der Waals surface area contributed by atoms with E-state index in [0.29, 0.717) is 0 Å². The SMILES string of the molecule is c1ccc(-c2ccc(-c3ccc(N(c4cccc5c4sc4ccccc45)c4cc5c6ccccc6oc5c5oc6ccccc6c45)cc3)cc2)cc1. The lowest BCUT2D eigenvalue weighted by Crippen LogP contribution is -2.10. The van der Waals surface area contributed by atoms with Crippen molar-refractivity contribution in [3.05, 3.63) is 176 Å². The molecule has 0 unspecified atom stereocenters. The molecule has 0 aliphatic carbocycles. The largest absolute Gasteiger partial charge is 0.452 e. The minimum absolute atomic E-state index is 0.758. The van der Waals surface area contributed by atoms with Crippen LogP contribution in [0.5, 0.6) is 0 Å². The van der Waals surface area contributed by atoms with Gasteiger partial charge in [0.1, 0.15) is 11.2 Å². The molecule has 0 saturated heterocycles. The highest BCUT2D eigenvalue weighted by atomic mass is 32.1. The zero-order valence-corrected chi connectivity index (χ0v) is 28.7. The van der Waals surface area contributed by atoms with E-state index in [1.807, 2.05) is 35.6 Å². The van der Waals surface area contributed by atoms with Gasteiger partial charge in [0.05, 0.1) is 21.5 Å². The third kappa shape index (κ3) is 4.45. The Morgan fingerprint density at radius 3 is 1.69 bits per heavy atom. The van der Waals surface area contributed by atoms with Gasteiger partial charge >= 0.3 is 0 Å². The topological polar surface area (TPSA) is 29.5 Å². The second-order valence-electron chi connectivity index (χ2n) is 13.3. The fourth-order valence-corrected chi connectivity index (χ4v) is 9.03. The van der Waals surface area contributed by atoms with Crippen LogP contribution in [0.15, 0.2) is 185 Å². The molecule has 0 aliphatic heterocycles. The van der Waals surface area contributed by atoms with Crippen LogP contribution in [0.4, 0.5) is 17.1 Å². The van der Waals surface area contributed by atoms with E-state index in [9.17, 15) is 0 Å². The van der Waals surface area contributed by atoms with Gasteiger partial charge in [0.2, 0.25) is 0 Å². The predicted octanol–water partition coefficient (Wildman–Crippen LogP) is 14.7. The lowest BCUT2D eigenvalue weighted by molar-refractivity contribution is 0.633. The molecule has 0 radical (unpaired) electrons. The second-order valence-corrected chi connectivity index (χ2v) is 14.3. The summed E-state index contributed by atoms with van der Waals surface area (Å²) in [5, 5.41) is 6.70. The Bertz CT molecular complexity index is 3110. The first-order chi connectivity index (χ1) is 25.8. The molecule has 8 aromatic carbocycles. The van der Waals surface area contributed by atoms with Crippen molar-refractivity contribution in [1.29, 1.82) is 0 Å². The van der Waals surface area contributed by atoms with Gasteiger partial charge in [0.25, 0.3) is 0 Å². The van der Waals surface area contributed by atoms with Crippen molar-refractivity contribution in [2.24, 2.45) is 0 Å². The van der Waals surface area contributed by atoms with Crippen molar-refractivity contribution in [3.63, 3.8) is 0 Å². The molecule has 244 valence electrons. The van der Waals surface area contributed by atoms with E-state index in [1.54, 1.807) is 0 Å². The molecular weight excluding hydrogens is 655 g/mol. The minimum Gasteiger partial charge on any atom is -0.452 e. The van der Waals surface area contributed by atoms with Crippen molar-refractivity contribution in [2.75, 3.05) is 4.90 Å². The second kappa shape index (κ2) is 11.5. The Balaban J connectivity index is 1.17. The van der Waals surface area contributed by atoms with E-state index >= 15 is 0 Å². The van der Waals surface area contributed by atoms with Crippen LogP contribution in [0.1, 0.15) is 0 Å². The van der Waals surface area contributed by atoms with Crippen LogP contribution in [0.2, 0.25) is 0 Å². The summed E-state index contributed by atoms with van der Waals surface area (Å²) in [6.45, 7) is 0. The van der Waals surface area contributed by atoms with E-state index in [4.69, 9.17) is 8.83 Å². The molecule has 0 atom stereocenters. The summed E-state index contributed by atoms with van der Waals surface area (Å²) in [6, 6.07) is 62.6. The van der Waals surface area contributed by atoms with Crippen LogP contribution in [-0.4, -0.2) is 0 Å². The molecule has 0 fully saturated rings. The first-order valence-electron chi connectivity index (χ1n) is 17.5. The molecule has 0 aliphatic rings. The maximum atomic E-state index is 6.69. The number of nitrogens with zero attached hydrogens (tertiary/aromatic N) is 1. The summed E-state index contributed by atoms with van der Waals surface area (Å²) in [7, 11) is 0. The Kier molecular flexibility index (Phi) is 6.42. The van der Waals surface area contributed by atoms with Gasteiger partial charge in [0, 0.05) is 37.3 Å². The van der Waals surface area contributed by atoms with E-state index in [0.717, 1.165) is 60.9 Å². The summed E-state index contributed by atoms with van der Waals surface area (Å²) in [4.78, 5) is 2.42. The van der Waals surface area contributed by atoms with E-state index in [1.165, 1.54) is 42.4 Å². The van der Waals surface area contributed by atoms with Gasteiger partial charge in [-0.3, -0.25) is 0 Å². The highest BCUT2D eigenvalue weighted by Gasteiger charge is 2.26. The van der Waals surface area contributed by atoms with Gasteiger partial charge in [-0.1, -0.05) is 133 Å². The maximum absolute atomic E-state index is 6.69. The smallest absolute Gasteiger partial charge is 0.180 e. The van der Waals surface area contributed by atoms with Gasteiger partial charge in [-0.2, -0.15) is 0 Å². The average molecular weight is 684 g/mol. The van der Waals surface area contributed by atoms with Crippen LogP contribution in [-0.2, 0) is 0 Å². The Labute approximate surface area is 303 Å². The number of para-hydroxylation sites is 2. The van der Waals surface area contributed by atoms with E-state index < -0.39 is 0 Å². The van der Waals surface area contributed by atoms with Crippen LogP contribution in [0.25, 0.3) is 86.3 Å². The number of furan rings is 2. The molecule has 0 bridgehead atoms. The van der Waals surface area contributed by atoms with Crippen LogP contribution >= 0.6 is 11.3 Å². The van der Waals surface area contributed by atoms with E-state index in [2.05, 4.69) is 157 Å². The highest BCUT2D eigenvalue weighted by molar-refractivity contribution is 7.26. The van der Waals surface area contributed by atoms with Crippen LogP contribution in [0.3, 0.4) is 0 Å². The van der Waals surface area contributed by atoms with Crippen molar-refractivity contribution >= 4 is 92.4 Å². The van der Waals surface area contributed by atoms with Gasteiger partial charge in [0.15, 0.2) is 11.2 Å². The molecular formula is C48H29NO2S. The number of anilines is 3. The molecule has 3 aromatic heterocycles. The molecule has 0 saturated carbocycles. The quantitative estimate of drug-likeness (QED) is 0.181. The average Bonchev–Trinajstić information content (AvgIpc) is 3.91. The molecule has 0 N–H and O–H groups in total. The highest BCUT2D eigenvalue weighted by Crippen LogP contribution is 2.50. The molecule has 3 heterocycles. The van der Waals surface area contributed by atoms with Crippen molar-refractivity contribution in [2.45, 2.75) is 0 Å². The number of fused-ring (bicyclic) bond motifs is 10. The zero-order valence-electron chi connectivity index (χ0n) is 27.9. The number of thiophene rings is 1. The van der Waals surface area contributed by atoms with Crippen LogP contribution in [0, 0.1) is 0 Å². The first-order valence-corrected chi connectivity index (χ1v) is 18.3. The standard InChI is InChI=1S/C48H29NO2S/c1-2-11-30(12-3-1)31-21-23-32(24-22-31)33-25-27-34(28-26-33)49(40-17-10-16-37-36-14-6-9-20-44(36)52-48(37)40)41-29-39-35-13-4-7-18-42(35)50-46(39)47-45(41)38-15-5-8-19-43(38)51-47/h1-29H. The van der Waals surface area contributed by atoms with Gasteiger partial charge in [-0.15, -0.1) is 11.3 Å². The minimum atomic E-state index is 0.758. The van der Waals surface area contributed by atoms with Gasteiger partial charge in [-0.25, -0.2) is 0 Å². The molecule has 3 nitrogen and oxygen atoms in total. The Morgan fingerprint density at radius 2 is 0.942 bits per heavy atom. The predicted molar refractivity (Wildman–Crippen MR) is 219 cm³/mol. The van der Waals surface area contributed by atoms with Crippen molar-refractivity contribution in [3.8, 4) is 22.3 Å². The third-order valence-corrected chi connectivity index (χ3v) is 11.5. The number of hydrogen-bond acceptors (Lipinski definition) is 4. The fourth-order valence-electron chi connectivity index (χ4n) is 7.83. The molecule has 11 rings (SSSR count). The number of hydrogen-bond donors (Lipinski definition) is 0. The molecule has 0 spiro atoms. The Hall–Kier alpha value is -6.62. The first kappa shape index (κ1) is 29.1. The fraction of sp³-hybridized carbons (Fsp3) is 0. The summed E-state index contributed by atoms with van der Waals surface area (Å²) < 4.78 is 15.7. The summed E-state index contributed by atoms with van der Waals surface area (Å²) >= 11 is 1.84. The lowest BCUT2D eigenvalue weighted by atomic mass is 9.99. The summed E-state index contributed by atoms with van der Waals surface area (Å²) in [5.41, 5.74) is 11.2. The van der Waals surface area contributed by atoms with Crippen molar-refractivity contribution < 1.29 is 8.83 Å². The lowest BCUT2D eigenvalue weighted by Gasteiger charge is -2.27. The maximum Gasteiger partial charge on any atom is 0.180 e. The Morgan fingerprint density at radius 1 is 0.385 bits per heavy atom. The molecule has 52 heavy (non-hydrogen) atoms. The monoisotopic (exact) mass is 683 g/mol. The number of benzene rings is 8. The van der Waals surface area contributed by atoms with Crippen molar-refractivity contribution in [1.82, 2.24) is 0 Å². The third-order valence-electron chi connectivity index (χ3n) is 10.3. The van der Waals surface area contributed by atoms with E-state index in [-0.39, 0.29) is 0 Å². The summed E-state index contributed by atoms with van der Waals surface area (Å²) in [6.07, 6.45) is 0. The van der Waals surface area contributed by atoms with Crippen LogP contribution < -0.4 is 4.90 Å². The molecule has 0 amide bonds.